The van der Waals surface area contributed by atoms with Crippen LogP contribution in [0.5, 0.6) is 0 Å². The molecule has 0 aliphatic carbocycles. The normalized spacial score (nSPS) is 14.4. The van der Waals surface area contributed by atoms with E-state index in [0.717, 1.165) is 10.9 Å². The van der Waals surface area contributed by atoms with Crippen molar-refractivity contribution in [3.8, 4) is 0 Å². The molecule has 0 aliphatic rings. The van der Waals surface area contributed by atoms with Crippen LogP contribution in [0.1, 0.15) is 18.9 Å². The number of fused-ring (bicyclic) bond motifs is 1. The number of nitrogens with one attached hydrogen (secondary N) is 4. The predicted octanol–water partition coefficient (Wildman–Crippen LogP) is -1.60. The standard InChI is InChI=1S/C21H28N6O6S/c1-10(22)18(29)27-16(9-34)20(31)25-14(7-17(23)28)19(30)26-15(21(32)33)6-11-8-24-13-5-3-2-4-12(11)13/h2-5,8,10,14-16,24,34H,6-7,9,22H2,1H3,(H2,23,28)(H,25,31)(H,26,30)(H,27,29)(H,32,33). The van der Waals surface area contributed by atoms with Crippen molar-refractivity contribution in [2.24, 2.45) is 11.5 Å². The molecule has 0 bridgehead atoms. The molecule has 4 amide bonds. The van der Waals surface area contributed by atoms with Crippen LogP contribution in [-0.2, 0) is 30.4 Å². The van der Waals surface area contributed by atoms with E-state index < -0.39 is 60.2 Å². The highest BCUT2D eigenvalue weighted by atomic mass is 32.1. The van der Waals surface area contributed by atoms with Gasteiger partial charge in [-0.2, -0.15) is 12.6 Å². The van der Waals surface area contributed by atoms with E-state index in [9.17, 15) is 29.1 Å². The van der Waals surface area contributed by atoms with Crippen LogP contribution >= 0.6 is 12.6 Å². The molecule has 9 N–H and O–H groups in total. The van der Waals surface area contributed by atoms with Gasteiger partial charge in [0.1, 0.15) is 18.1 Å². The maximum Gasteiger partial charge on any atom is 0.326 e. The molecular formula is C21H28N6O6S. The lowest BCUT2D eigenvalue weighted by Gasteiger charge is -2.23. The molecule has 184 valence electrons. The summed E-state index contributed by atoms with van der Waals surface area (Å²) in [6.45, 7) is 1.42. The van der Waals surface area contributed by atoms with E-state index >= 15 is 0 Å². The number of amides is 4. The predicted molar refractivity (Wildman–Crippen MR) is 127 cm³/mol. The van der Waals surface area contributed by atoms with Gasteiger partial charge in [0.05, 0.1) is 12.5 Å². The molecule has 0 radical (unpaired) electrons. The van der Waals surface area contributed by atoms with Crippen molar-refractivity contribution in [1.82, 2.24) is 20.9 Å². The number of para-hydroxylation sites is 1. The number of rotatable bonds is 12. The second kappa shape index (κ2) is 12.0. The third kappa shape index (κ3) is 7.22. The Bertz CT molecular complexity index is 1070. The first-order chi connectivity index (χ1) is 16.0. The van der Waals surface area contributed by atoms with Crippen LogP contribution in [0.2, 0.25) is 0 Å². The Morgan fingerprint density at radius 3 is 2.18 bits per heavy atom. The number of primary amides is 1. The largest absolute Gasteiger partial charge is 0.480 e. The van der Waals surface area contributed by atoms with Gasteiger partial charge in [0.15, 0.2) is 0 Å². The number of benzene rings is 1. The number of hydrogen-bond acceptors (Lipinski definition) is 7. The Morgan fingerprint density at radius 2 is 1.59 bits per heavy atom. The first-order valence-corrected chi connectivity index (χ1v) is 11.0. The smallest absolute Gasteiger partial charge is 0.326 e. The zero-order valence-corrected chi connectivity index (χ0v) is 19.3. The second-order valence-electron chi connectivity index (χ2n) is 7.73. The lowest BCUT2D eigenvalue weighted by atomic mass is 10.0. The summed E-state index contributed by atoms with van der Waals surface area (Å²) >= 11 is 4.01. The molecule has 4 unspecified atom stereocenters. The zero-order chi connectivity index (χ0) is 25.4. The number of aromatic amines is 1. The first kappa shape index (κ1) is 26.7. The van der Waals surface area contributed by atoms with Crippen molar-refractivity contribution in [3.05, 3.63) is 36.0 Å². The van der Waals surface area contributed by atoms with Crippen molar-refractivity contribution in [2.75, 3.05) is 5.75 Å². The van der Waals surface area contributed by atoms with Crippen molar-refractivity contribution >= 4 is 53.1 Å². The minimum Gasteiger partial charge on any atom is -0.480 e. The number of aliphatic carboxylic acids is 1. The monoisotopic (exact) mass is 492 g/mol. The molecule has 0 fully saturated rings. The van der Waals surface area contributed by atoms with Crippen molar-refractivity contribution in [3.63, 3.8) is 0 Å². The number of carbonyl (C=O) groups excluding carboxylic acids is 4. The quantitative estimate of drug-likeness (QED) is 0.163. The Morgan fingerprint density at radius 1 is 1.00 bits per heavy atom. The van der Waals surface area contributed by atoms with Gasteiger partial charge in [-0.05, 0) is 18.6 Å². The number of carboxylic acids is 1. The summed E-state index contributed by atoms with van der Waals surface area (Å²) in [6.07, 6.45) is 1.01. The van der Waals surface area contributed by atoms with Gasteiger partial charge < -0.3 is 37.5 Å². The summed E-state index contributed by atoms with van der Waals surface area (Å²) < 4.78 is 0. The number of carbonyl (C=O) groups is 5. The number of H-pyrrole nitrogens is 1. The van der Waals surface area contributed by atoms with Gasteiger partial charge in [-0.1, -0.05) is 18.2 Å². The van der Waals surface area contributed by atoms with Crippen LogP contribution in [0.15, 0.2) is 30.5 Å². The molecular weight excluding hydrogens is 464 g/mol. The molecule has 2 aromatic rings. The molecule has 1 aromatic carbocycles. The van der Waals surface area contributed by atoms with Gasteiger partial charge >= 0.3 is 5.97 Å². The van der Waals surface area contributed by atoms with Gasteiger partial charge in [0.25, 0.3) is 0 Å². The highest BCUT2D eigenvalue weighted by Crippen LogP contribution is 2.19. The van der Waals surface area contributed by atoms with E-state index in [-0.39, 0.29) is 12.2 Å². The van der Waals surface area contributed by atoms with Crippen molar-refractivity contribution in [2.45, 2.75) is 43.9 Å². The minimum absolute atomic E-state index is 0.0496. The molecule has 0 saturated heterocycles. The van der Waals surface area contributed by atoms with E-state index in [1.807, 2.05) is 18.2 Å². The first-order valence-electron chi connectivity index (χ1n) is 10.4. The van der Waals surface area contributed by atoms with Crippen LogP contribution in [0.3, 0.4) is 0 Å². The summed E-state index contributed by atoms with van der Waals surface area (Å²) in [6, 6.07) is 2.41. The van der Waals surface area contributed by atoms with E-state index in [1.54, 1.807) is 12.3 Å². The van der Waals surface area contributed by atoms with Gasteiger partial charge in [-0.15, -0.1) is 0 Å². The average Bonchev–Trinajstić information content (AvgIpc) is 3.18. The summed E-state index contributed by atoms with van der Waals surface area (Å²) in [4.78, 5) is 63.6. The molecule has 0 saturated carbocycles. The molecule has 0 spiro atoms. The molecule has 0 aliphatic heterocycles. The summed E-state index contributed by atoms with van der Waals surface area (Å²) in [5.74, 6) is -4.67. The SMILES string of the molecule is CC(N)C(=O)NC(CS)C(=O)NC(CC(N)=O)C(=O)NC(Cc1c[nH]c2ccccc12)C(=O)O. The minimum atomic E-state index is -1.47. The lowest BCUT2D eigenvalue weighted by molar-refractivity contribution is -0.142. The highest BCUT2D eigenvalue weighted by molar-refractivity contribution is 7.80. The van der Waals surface area contributed by atoms with E-state index in [0.29, 0.717) is 5.56 Å². The third-order valence-electron chi connectivity index (χ3n) is 4.98. The van der Waals surface area contributed by atoms with Crippen LogP contribution in [0.4, 0.5) is 0 Å². The lowest BCUT2D eigenvalue weighted by Crippen LogP contribution is -2.58. The van der Waals surface area contributed by atoms with E-state index in [1.165, 1.54) is 6.92 Å². The third-order valence-corrected chi connectivity index (χ3v) is 5.35. The number of thiol groups is 1. The van der Waals surface area contributed by atoms with Gasteiger partial charge in [-0.25, -0.2) is 4.79 Å². The summed E-state index contributed by atoms with van der Waals surface area (Å²) in [5, 5.41) is 17.5. The Hall–Kier alpha value is -3.58. The summed E-state index contributed by atoms with van der Waals surface area (Å²) in [7, 11) is 0. The average molecular weight is 493 g/mol. The molecule has 13 heteroatoms. The van der Waals surface area contributed by atoms with E-state index in [2.05, 4.69) is 33.6 Å². The van der Waals surface area contributed by atoms with Crippen LogP contribution < -0.4 is 27.4 Å². The maximum atomic E-state index is 12.8. The molecule has 12 nitrogen and oxygen atoms in total. The number of aromatic nitrogens is 1. The molecule has 2 rings (SSSR count). The Kier molecular flexibility index (Phi) is 9.45. The fraction of sp³-hybridized carbons (Fsp3) is 0.381. The molecule has 1 heterocycles. The van der Waals surface area contributed by atoms with Crippen LogP contribution in [-0.4, -0.2) is 69.6 Å². The fourth-order valence-electron chi connectivity index (χ4n) is 3.17. The molecule has 34 heavy (non-hydrogen) atoms. The van der Waals surface area contributed by atoms with Crippen LogP contribution in [0.25, 0.3) is 10.9 Å². The zero-order valence-electron chi connectivity index (χ0n) is 18.4. The topological polar surface area (TPSA) is 209 Å². The van der Waals surface area contributed by atoms with E-state index in [4.69, 9.17) is 11.5 Å². The number of hydrogen-bond donors (Lipinski definition) is 8. The van der Waals surface area contributed by atoms with Crippen LogP contribution in [0, 0.1) is 0 Å². The van der Waals surface area contributed by atoms with Crippen molar-refractivity contribution < 1.29 is 29.1 Å². The van der Waals surface area contributed by atoms with Gasteiger partial charge in [-0.3, -0.25) is 19.2 Å². The van der Waals surface area contributed by atoms with Gasteiger partial charge in [0.2, 0.25) is 23.6 Å². The Balaban J connectivity index is 2.15. The Labute approximate surface area is 200 Å². The number of carboxylic acid groups (broad SMARTS) is 1. The fourth-order valence-corrected chi connectivity index (χ4v) is 3.43. The highest BCUT2D eigenvalue weighted by Gasteiger charge is 2.31. The molecule has 4 atom stereocenters. The number of nitrogens with two attached hydrogens (primary N) is 2. The maximum absolute atomic E-state index is 12.8. The van der Waals surface area contributed by atoms with Crippen molar-refractivity contribution in [1.29, 1.82) is 0 Å². The summed E-state index contributed by atoms with van der Waals surface area (Å²) in [5.41, 5.74) is 12.1. The van der Waals surface area contributed by atoms with Gasteiger partial charge in [0, 0.05) is 29.3 Å². The second-order valence-corrected chi connectivity index (χ2v) is 8.09. The molecule has 1 aromatic heterocycles.